The van der Waals surface area contributed by atoms with Crippen LogP contribution in [0.25, 0.3) is 0 Å². The highest BCUT2D eigenvalue weighted by Crippen LogP contribution is 2.40. The van der Waals surface area contributed by atoms with Crippen LogP contribution in [0.4, 0.5) is 0 Å². The molecule has 40 nitrogen and oxygen atoms in total. The van der Waals surface area contributed by atoms with Gasteiger partial charge in [0.2, 0.25) is 11.8 Å². The molecule has 8 fully saturated rings. The number of carbonyl (C=O) groups excluding carboxylic acids is 2. The first-order valence-corrected chi connectivity index (χ1v) is 29.7. The van der Waals surface area contributed by atoms with E-state index in [1.165, 1.54) is 20.8 Å². The summed E-state index contributed by atoms with van der Waals surface area (Å²) in [6.07, 6.45) is -74.0. The van der Waals surface area contributed by atoms with E-state index in [2.05, 4.69) is 10.6 Å². The quantitative estimate of drug-likeness (QED) is 0.0507. The van der Waals surface area contributed by atoms with Crippen molar-refractivity contribution in [2.75, 3.05) is 33.0 Å². The summed E-state index contributed by atoms with van der Waals surface area (Å²) in [5, 5.41) is 235. The second kappa shape index (κ2) is 32.0. The number of aliphatic hydroxyl groups excluding tert-OH is 21. The minimum Gasteiger partial charge on any atom is -0.394 e. The monoisotopic (exact) mass is 1350 g/mol. The smallest absolute Gasteiger partial charge is 0.217 e. The molecule has 0 spiro atoms. The predicted molar refractivity (Wildman–Crippen MR) is 283 cm³/mol. The Morgan fingerprint density at radius 1 is 0.283 bits per heavy atom. The second-order valence-electron chi connectivity index (χ2n) is 23.8. The Hall–Kier alpha value is -2.50. The average molecular weight is 1350 g/mol. The highest BCUT2D eigenvalue weighted by Gasteiger charge is 2.61. The molecule has 8 aliphatic rings. The third-order valence-electron chi connectivity index (χ3n) is 17.3. The molecule has 0 aromatic heterocycles. The van der Waals surface area contributed by atoms with Crippen molar-refractivity contribution in [1.82, 2.24) is 10.6 Å². The molecule has 534 valence electrons. The van der Waals surface area contributed by atoms with Gasteiger partial charge in [0, 0.05) is 13.8 Å². The first-order chi connectivity index (χ1) is 43.4. The summed E-state index contributed by atoms with van der Waals surface area (Å²) < 4.78 is 89.8. The lowest BCUT2D eigenvalue weighted by atomic mass is 9.93. The Morgan fingerprint density at radius 2 is 0.587 bits per heavy atom. The van der Waals surface area contributed by atoms with Gasteiger partial charge in [-0.3, -0.25) is 9.59 Å². The molecule has 0 saturated carbocycles. The molecule has 40 atom stereocenters. The SMILES string of the molecule is CC(=O)N[C@H]1[C@H](O[C@H]2[C@H](O)[C@@H](O)[C@H](O)O[C@@H]2CO)O[C@H](CO)[C@@H](O[C@@H]2O[C@H](CO)[C@H](O)[C@H](O[C@@H]3O[C@H](CO)[C@@H](O[C@@H]4O[C@H](CO)[C@H](O)[C@H](O)[C@H]4O[C@@H]4O[C@@H](C)[C@@H](O)[C@@H](O)[C@@H]4O)[C@H](O[C@@H]4O[C@@H](C)[C@@H](O)[C@@H](O)[C@@H]4O)[C@H]3NC(C)=O)[C@H]2O)[C@@H]1O[C@@H]1O[C@@H](C)[C@@H](O)[C@@H](O)[C@@H]1O. The highest BCUT2D eigenvalue weighted by atomic mass is 16.8. The maximum atomic E-state index is 13.4. The number of rotatable bonds is 21. The van der Waals surface area contributed by atoms with Crippen LogP contribution in [0.1, 0.15) is 34.6 Å². The van der Waals surface area contributed by atoms with E-state index in [1.54, 1.807) is 0 Å². The van der Waals surface area contributed by atoms with Crippen molar-refractivity contribution < 1.29 is 188 Å². The maximum Gasteiger partial charge on any atom is 0.217 e. The molecule has 40 heteroatoms. The van der Waals surface area contributed by atoms with Crippen LogP contribution in [-0.4, -0.2) is 398 Å². The Kier molecular flexibility index (Phi) is 26.2. The van der Waals surface area contributed by atoms with E-state index in [4.69, 9.17) is 71.1 Å². The molecule has 8 rings (SSSR count). The zero-order valence-corrected chi connectivity index (χ0v) is 50.0. The standard InChI is InChI=1S/C52H88N2O38/c1-11-23(62)28(67)34(73)48(78-11)89-41-21(53-14(4)60)46(86-38-18(8-57)81-45(77)33(72)32(38)71)84-19(9-58)39(41)87-51-37(76)43(27(66)17(7-56)82-51)91-47-22(54-15(5)61)42(90-49-35(74)29(68)24(63)12(2)79-49)40(20(10-59)85-47)88-52-44(31(70)26(65)16(6-55)83-52)92-50-36(75)30(69)25(64)13(3)80-50/h11-13,16-52,55-59,62-77H,6-10H2,1-5H3,(H,53,60)(H,54,61)/t11-,12-,13-,16+,17+,18+,19+,20+,21+,22+,23+,24+,25+,26-,27-,28+,29+,30+,31-,32+,33+,34-,35-,36-,37+,38+,39+,40+,41+,42+,43-,44+,45+,46-,47-,48-,49-,50-,51-,52-/m0/s1. The first-order valence-electron chi connectivity index (χ1n) is 29.7. The van der Waals surface area contributed by atoms with Gasteiger partial charge in [-0.05, 0) is 20.8 Å². The largest absolute Gasteiger partial charge is 0.394 e. The summed E-state index contributed by atoms with van der Waals surface area (Å²) in [4.78, 5) is 26.5. The lowest BCUT2D eigenvalue weighted by Crippen LogP contribution is -2.72. The van der Waals surface area contributed by atoms with Crippen LogP contribution in [0.2, 0.25) is 0 Å². The summed E-state index contributed by atoms with van der Waals surface area (Å²) in [7, 11) is 0. The van der Waals surface area contributed by atoms with Crippen molar-refractivity contribution in [3.8, 4) is 0 Å². The van der Waals surface area contributed by atoms with E-state index < -0.39 is 290 Å². The molecular formula is C52H88N2O38. The first kappa shape index (κ1) is 75.3. The minimum absolute atomic E-state index is 0.905. The van der Waals surface area contributed by atoms with Gasteiger partial charge in [0.1, 0.15) is 177 Å². The third kappa shape index (κ3) is 15.8. The number of hydrogen-bond acceptors (Lipinski definition) is 38. The molecule has 0 unspecified atom stereocenters. The highest BCUT2D eigenvalue weighted by molar-refractivity contribution is 5.73. The number of nitrogens with one attached hydrogen (secondary N) is 2. The second-order valence-corrected chi connectivity index (χ2v) is 23.8. The lowest BCUT2D eigenvalue weighted by molar-refractivity contribution is -0.403. The van der Waals surface area contributed by atoms with E-state index in [0.717, 1.165) is 13.8 Å². The van der Waals surface area contributed by atoms with Gasteiger partial charge in [0.15, 0.2) is 50.3 Å². The molecule has 8 saturated heterocycles. The average Bonchev–Trinajstić information content (AvgIpc) is 0.768. The van der Waals surface area contributed by atoms with Crippen molar-refractivity contribution in [2.45, 2.75) is 280 Å². The van der Waals surface area contributed by atoms with Crippen molar-refractivity contribution >= 4 is 11.8 Å². The normalized spacial score (nSPS) is 52.1. The van der Waals surface area contributed by atoms with Gasteiger partial charge >= 0.3 is 0 Å². The zero-order valence-electron chi connectivity index (χ0n) is 50.0. The van der Waals surface area contributed by atoms with E-state index in [0.29, 0.717) is 0 Å². The van der Waals surface area contributed by atoms with Crippen LogP contribution in [0.3, 0.4) is 0 Å². The summed E-state index contributed by atoms with van der Waals surface area (Å²) in [6.45, 7) is 0.283. The summed E-state index contributed by atoms with van der Waals surface area (Å²) >= 11 is 0. The lowest BCUT2D eigenvalue weighted by Gasteiger charge is -2.52. The molecule has 0 radical (unpaired) electrons. The minimum atomic E-state index is -2.41. The van der Waals surface area contributed by atoms with E-state index >= 15 is 0 Å². The van der Waals surface area contributed by atoms with Crippen molar-refractivity contribution in [1.29, 1.82) is 0 Å². The Morgan fingerprint density at radius 3 is 0.989 bits per heavy atom. The van der Waals surface area contributed by atoms with Crippen LogP contribution >= 0.6 is 0 Å². The van der Waals surface area contributed by atoms with Crippen molar-refractivity contribution in [3.05, 3.63) is 0 Å². The van der Waals surface area contributed by atoms with Crippen molar-refractivity contribution in [3.63, 3.8) is 0 Å². The Balaban J connectivity index is 1.16. The molecule has 0 aromatic rings. The summed E-state index contributed by atoms with van der Waals surface area (Å²) in [5.41, 5.74) is 0. The van der Waals surface area contributed by atoms with E-state index in [9.17, 15) is 117 Å². The maximum absolute atomic E-state index is 13.4. The molecule has 0 aliphatic carbocycles. The number of carbonyl (C=O) groups is 2. The van der Waals surface area contributed by atoms with Crippen LogP contribution in [0, 0.1) is 0 Å². The molecule has 8 heterocycles. The van der Waals surface area contributed by atoms with Crippen LogP contribution in [0.15, 0.2) is 0 Å². The van der Waals surface area contributed by atoms with Crippen LogP contribution in [-0.2, 0) is 80.6 Å². The summed E-state index contributed by atoms with van der Waals surface area (Å²) in [5.74, 6) is -1.87. The van der Waals surface area contributed by atoms with Gasteiger partial charge in [0.25, 0.3) is 0 Å². The molecule has 8 aliphatic heterocycles. The van der Waals surface area contributed by atoms with Gasteiger partial charge in [-0.15, -0.1) is 0 Å². The molecule has 92 heavy (non-hydrogen) atoms. The number of hydrogen-bond donors (Lipinski definition) is 23. The number of aliphatic hydroxyl groups is 21. The predicted octanol–water partition coefficient (Wildman–Crippen LogP) is -15.1. The van der Waals surface area contributed by atoms with Gasteiger partial charge in [-0.1, -0.05) is 0 Å². The Bertz CT molecular complexity index is 2330. The molecule has 2 amide bonds. The topological polar surface area (TPSA) is 621 Å². The fourth-order valence-electron chi connectivity index (χ4n) is 12.1. The molecule has 23 N–H and O–H groups in total. The molecule has 0 aromatic carbocycles. The number of ether oxygens (including phenoxy) is 15. The third-order valence-corrected chi connectivity index (χ3v) is 17.3. The van der Waals surface area contributed by atoms with Gasteiger partial charge in [-0.2, -0.15) is 0 Å². The fraction of sp³-hybridized carbons (Fsp3) is 0.962. The zero-order chi connectivity index (χ0) is 67.8. The van der Waals surface area contributed by atoms with E-state index in [1.807, 2.05) is 0 Å². The fourth-order valence-corrected chi connectivity index (χ4v) is 12.1. The van der Waals surface area contributed by atoms with Gasteiger partial charge < -0.3 is 189 Å². The van der Waals surface area contributed by atoms with Crippen molar-refractivity contribution in [2.24, 2.45) is 0 Å². The van der Waals surface area contributed by atoms with Gasteiger partial charge in [0.05, 0.1) is 51.3 Å². The Labute approximate surface area is 522 Å². The van der Waals surface area contributed by atoms with Crippen LogP contribution in [0.5, 0.6) is 0 Å². The molecule has 0 bridgehead atoms. The van der Waals surface area contributed by atoms with Crippen LogP contribution < -0.4 is 10.6 Å². The van der Waals surface area contributed by atoms with E-state index in [-0.39, 0.29) is 0 Å². The van der Waals surface area contributed by atoms with Gasteiger partial charge in [-0.25, -0.2) is 0 Å². The summed E-state index contributed by atoms with van der Waals surface area (Å²) in [6, 6.07) is -3.83. The number of amides is 2. The molecular weight excluding hydrogens is 1260 g/mol.